The lowest BCUT2D eigenvalue weighted by atomic mass is 10.1. The van der Waals surface area contributed by atoms with E-state index in [2.05, 4.69) is 5.32 Å². The third kappa shape index (κ3) is 9.38. The van der Waals surface area contributed by atoms with Crippen LogP contribution in [0.25, 0.3) is 0 Å². The second-order valence-corrected chi connectivity index (χ2v) is 3.69. The SMILES string of the molecule is C[11C](=O)NCCCS(=O)(=O)O. The van der Waals surface area contributed by atoms with Gasteiger partial charge in [-0.05, 0) is 6.42 Å². The molecular formula is C5H11NO4S. The molecule has 0 radical (unpaired) electrons. The summed E-state index contributed by atoms with van der Waals surface area (Å²) in [4.78, 5) is 10.2. The Kier molecular flexibility index (Phi) is 4.06. The Balaban J connectivity index is 3.37. The molecule has 0 unspecified atom stereocenters. The van der Waals surface area contributed by atoms with Crippen molar-refractivity contribution >= 4 is 16.0 Å². The molecule has 0 heterocycles. The van der Waals surface area contributed by atoms with Crippen molar-refractivity contribution in [3.63, 3.8) is 0 Å². The van der Waals surface area contributed by atoms with Gasteiger partial charge in [0.2, 0.25) is 5.91 Å². The van der Waals surface area contributed by atoms with E-state index in [9.17, 15) is 13.2 Å². The molecule has 0 aliphatic carbocycles. The van der Waals surface area contributed by atoms with Gasteiger partial charge in [-0.1, -0.05) is 0 Å². The summed E-state index contributed by atoms with van der Waals surface area (Å²) in [6.45, 7) is 1.61. The average molecular weight is 180 g/mol. The van der Waals surface area contributed by atoms with Crippen molar-refractivity contribution in [3.8, 4) is 0 Å². The summed E-state index contributed by atoms with van der Waals surface area (Å²) in [6.07, 6.45) is 0.235. The van der Waals surface area contributed by atoms with Crippen molar-refractivity contribution in [2.45, 2.75) is 13.3 Å². The second-order valence-electron chi connectivity index (χ2n) is 2.12. The lowest BCUT2D eigenvalue weighted by molar-refractivity contribution is -0.118. The summed E-state index contributed by atoms with van der Waals surface area (Å²) in [5.41, 5.74) is 0. The van der Waals surface area contributed by atoms with E-state index in [1.807, 2.05) is 0 Å². The van der Waals surface area contributed by atoms with E-state index in [0.717, 1.165) is 0 Å². The highest BCUT2D eigenvalue weighted by molar-refractivity contribution is 7.85. The maximum Gasteiger partial charge on any atom is 0.264 e. The fourth-order valence-corrected chi connectivity index (χ4v) is 1.03. The molecule has 0 saturated heterocycles. The van der Waals surface area contributed by atoms with E-state index >= 15 is 0 Å². The molecule has 0 saturated carbocycles. The number of rotatable bonds is 4. The summed E-state index contributed by atoms with van der Waals surface area (Å²) in [5, 5.41) is 2.40. The van der Waals surface area contributed by atoms with Crippen molar-refractivity contribution in [1.29, 1.82) is 0 Å². The molecule has 6 heteroatoms. The number of amides is 1. The summed E-state index contributed by atoms with van der Waals surface area (Å²) in [5.74, 6) is -0.520. The molecule has 5 nitrogen and oxygen atoms in total. The zero-order valence-corrected chi connectivity index (χ0v) is 7.02. The van der Waals surface area contributed by atoms with Gasteiger partial charge in [0.15, 0.2) is 0 Å². The van der Waals surface area contributed by atoms with E-state index in [0.29, 0.717) is 0 Å². The van der Waals surface area contributed by atoms with Gasteiger partial charge in [0.1, 0.15) is 0 Å². The van der Waals surface area contributed by atoms with Gasteiger partial charge in [0, 0.05) is 13.5 Å². The molecule has 0 bridgehead atoms. The van der Waals surface area contributed by atoms with Crippen LogP contribution in [0.3, 0.4) is 0 Å². The first kappa shape index (κ1) is 10.4. The maximum absolute atomic E-state index is 10.2. The molecule has 11 heavy (non-hydrogen) atoms. The average Bonchev–Trinajstić information content (AvgIpc) is 1.78. The van der Waals surface area contributed by atoms with Crippen molar-refractivity contribution < 1.29 is 17.8 Å². The Morgan fingerprint density at radius 3 is 2.45 bits per heavy atom. The van der Waals surface area contributed by atoms with Crippen LogP contribution in [-0.2, 0) is 14.9 Å². The Bertz CT molecular complexity index is 221. The van der Waals surface area contributed by atoms with E-state index < -0.39 is 10.1 Å². The Morgan fingerprint density at radius 2 is 2.09 bits per heavy atom. The Morgan fingerprint density at radius 1 is 1.55 bits per heavy atom. The van der Waals surface area contributed by atoms with Gasteiger partial charge >= 0.3 is 0 Å². The van der Waals surface area contributed by atoms with Crippen molar-refractivity contribution in [2.24, 2.45) is 0 Å². The highest BCUT2D eigenvalue weighted by Gasteiger charge is 2.02. The van der Waals surface area contributed by atoms with Crippen molar-refractivity contribution in [1.82, 2.24) is 5.32 Å². The van der Waals surface area contributed by atoms with Gasteiger partial charge in [-0.15, -0.1) is 0 Å². The van der Waals surface area contributed by atoms with Gasteiger partial charge in [-0.3, -0.25) is 9.35 Å². The van der Waals surface area contributed by atoms with Crippen LogP contribution in [0, 0.1) is 0 Å². The van der Waals surface area contributed by atoms with E-state index in [-0.39, 0.29) is 24.6 Å². The molecule has 0 rings (SSSR count). The molecule has 0 fully saturated rings. The van der Waals surface area contributed by atoms with Crippen LogP contribution >= 0.6 is 0 Å². The van der Waals surface area contributed by atoms with E-state index in [1.165, 1.54) is 6.92 Å². The molecule has 2 N–H and O–H groups in total. The van der Waals surface area contributed by atoms with Crippen LogP contribution in [0.1, 0.15) is 13.3 Å². The highest BCUT2D eigenvalue weighted by Crippen LogP contribution is 1.85. The summed E-state index contributed by atoms with van der Waals surface area (Å²) >= 11 is 0. The highest BCUT2D eigenvalue weighted by atomic mass is 32.2. The molecule has 0 atom stereocenters. The van der Waals surface area contributed by atoms with Gasteiger partial charge in [0.05, 0.1) is 5.75 Å². The van der Waals surface area contributed by atoms with Crippen LogP contribution in [0.2, 0.25) is 0 Å². The smallest absolute Gasteiger partial charge is 0.264 e. The normalized spacial score (nSPS) is 11.1. The third-order valence-electron chi connectivity index (χ3n) is 0.953. The standard InChI is InChI=1S/C5H11NO4S/c1-5(7)6-3-2-4-11(8,9)10/h2-4H2,1H3,(H,6,7)(H,8,9,10)/i5-1. The quantitative estimate of drug-likeness (QED) is 0.447. The molecule has 66 valence electrons. The van der Waals surface area contributed by atoms with Gasteiger partial charge in [-0.2, -0.15) is 8.42 Å². The largest absolute Gasteiger partial charge is 0.356 e. The zero-order chi connectivity index (χ0) is 8.91. The molecule has 0 aromatic carbocycles. The van der Waals surface area contributed by atoms with E-state index in [1.54, 1.807) is 0 Å². The third-order valence-corrected chi connectivity index (χ3v) is 1.76. The predicted octanol–water partition coefficient (Wildman–Crippen LogP) is -0.600. The molecule has 0 aliphatic heterocycles. The minimum absolute atomic E-state index is 0.208. The first-order valence-corrected chi connectivity index (χ1v) is 4.72. The molecule has 0 aromatic rings. The van der Waals surface area contributed by atoms with Crippen molar-refractivity contribution in [3.05, 3.63) is 0 Å². The maximum atomic E-state index is 10.2. The summed E-state index contributed by atoms with van der Waals surface area (Å²) in [6, 6.07) is 0. The minimum Gasteiger partial charge on any atom is -0.356 e. The van der Waals surface area contributed by atoms with Crippen LogP contribution in [-0.4, -0.2) is 31.2 Å². The molecule has 0 aromatic heterocycles. The molecular weight excluding hydrogens is 169 g/mol. The van der Waals surface area contributed by atoms with Crippen LogP contribution in [0.4, 0.5) is 0 Å². The number of carbonyl (C=O) groups is 1. The molecule has 0 aliphatic rings. The van der Waals surface area contributed by atoms with E-state index in [4.69, 9.17) is 4.55 Å². The predicted molar refractivity (Wildman–Crippen MR) is 39.7 cm³/mol. The number of carbonyl (C=O) groups excluding carboxylic acids is 1. The van der Waals surface area contributed by atoms with Gasteiger partial charge in [-0.25, -0.2) is 0 Å². The van der Waals surface area contributed by atoms with Crippen LogP contribution in [0.15, 0.2) is 0 Å². The minimum atomic E-state index is -3.87. The monoisotopic (exact) mass is 180 g/mol. The van der Waals surface area contributed by atoms with Gasteiger partial charge in [0.25, 0.3) is 10.1 Å². The second kappa shape index (κ2) is 4.30. The topological polar surface area (TPSA) is 83.5 Å². The number of hydrogen-bond donors (Lipinski definition) is 2. The van der Waals surface area contributed by atoms with Crippen molar-refractivity contribution in [2.75, 3.05) is 12.3 Å². The van der Waals surface area contributed by atoms with Crippen LogP contribution < -0.4 is 5.32 Å². The number of nitrogens with one attached hydrogen (secondary N) is 1. The fraction of sp³-hybridized carbons (Fsp3) is 0.800. The first-order chi connectivity index (χ1) is 4.92. The zero-order valence-electron chi connectivity index (χ0n) is 6.20. The summed E-state index contributed by atoms with van der Waals surface area (Å²) < 4.78 is 28.5. The summed E-state index contributed by atoms with van der Waals surface area (Å²) in [7, 11) is -3.87. The lowest BCUT2D eigenvalue weighted by Crippen LogP contribution is -2.22. The molecule has 1 amide bonds. The first-order valence-electron chi connectivity index (χ1n) is 3.11. The van der Waals surface area contributed by atoms with Crippen LogP contribution in [0.5, 0.6) is 0 Å². The Hall–Kier alpha value is -0.620. The lowest BCUT2D eigenvalue weighted by Gasteiger charge is -1.98. The Labute approximate surface area is 65.5 Å². The number of hydrogen-bond acceptors (Lipinski definition) is 3. The van der Waals surface area contributed by atoms with Gasteiger partial charge < -0.3 is 5.32 Å². The molecule has 0 spiro atoms. The fourth-order valence-electron chi connectivity index (χ4n) is 0.519.